The summed E-state index contributed by atoms with van der Waals surface area (Å²) >= 11 is 0. The summed E-state index contributed by atoms with van der Waals surface area (Å²) < 4.78 is 49.7. The lowest BCUT2D eigenvalue weighted by Crippen LogP contribution is -2.22. The summed E-state index contributed by atoms with van der Waals surface area (Å²) in [6.45, 7) is 0.672. The van der Waals surface area contributed by atoms with E-state index in [1.54, 1.807) is 48.5 Å². The molecule has 7 heteroatoms. The molecule has 0 aromatic heterocycles. The zero-order valence-electron chi connectivity index (χ0n) is 18.7. The van der Waals surface area contributed by atoms with Gasteiger partial charge in [0.15, 0.2) is 6.17 Å². The van der Waals surface area contributed by atoms with E-state index in [1.165, 1.54) is 30.3 Å². The average molecular weight is 467 g/mol. The molecular weight excluding hydrogens is 443 g/mol. The molecule has 3 aromatic carbocycles. The Morgan fingerprint density at radius 1 is 0.824 bits per heavy atom. The fourth-order valence-electron chi connectivity index (χ4n) is 3.70. The van der Waals surface area contributed by atoms with Gasteiger partial charge in [-0.25, -0.2) is 4.39 Å². The molecule has 4 nitrogen and oxygen atoms in total. The van der Waals surface area contributed by atoms with Crippen LogP contribution in [0.2, 0.25) is 0 Å². The largest absolute Gasteiger partial charge is 0.441 e. The van der Waals surface area contributed by atoms with Crippen LogP contribution in [0.4, 0.5) is 13.2 Å². The van der Waals surface area contributed by atoms with Crippen LogP contribution in [0.5, 0.6) is 5.75 Å². The van der Waals surface area contributed by atoms with Crippen molar-refractivity contribution in [1.29, 1.82) is 5.26 Å². The molecule has 34 heavy (non-hydrogen) atoms. The Balaban J connectivity index is 1.79. The molecule has 0 aliphatic carbocycles. The van der Waals surface area contributed by atoms with Crippen molar-refractivity contribution in [3.8, 4) is 11.8 Å². The first-order chi connectivity index (χ1) is 16.3. The van der Waals surface area contributed by atoms with Crippen LogP contribution in [0.25, 0.3) is 0 Å². The Labute approximate surface area is 196 Å². The Bertz CT molecular complexity index is 1130. The van der Waals surface area contributed by atoms with Crippen LogP contribution in [-0.4, -0.2) is 12.6 Å². The molecule has 3 unspecified atom stereocenters. The number of hydrogen-bond acceptors (Lipinski definition) is 4. The van der Waals surface area contributed by atoms with Crippen molar-refractivity contribution in [3.05, 3.63) is 101 Å². The second kappa shape index (κ2) is 11.4. The minimum Gasteiger partial charge on any atom is -0.441 e. The van der Waals surface area contributed by atoms with E-state index in [-0.39, 0.29) is 11.7 Å². The predicted molar refractivity (Wildman–Crippen MR) is 121 cm³/mol. The van der Waals surface area contributed by atoms with Gasteiger partial charge < -0.3 is 9.47 Å². The van der Waals surface area contributed by atoms with Crippen LogP contribution < -0.4 is 4.74 Å². The number of halogens is 3. The number of nitrogens with zero attached hydrogens (tertiary/aromatic N) is 1. The standard InChI is InChI=1S/C27H24F3NO3/c1-17(2)24(18-11-13-22(14-12-18)33-27(29)30)26(32)34-23(16-31)20-9-6-10-21(15-20)25(28)19-7-4-3-5-8-19/h3-15,17,23-25,27H,1-2H3. The fourth-order valence-corrected chi connectivity index (χ4v) is 3.70. The van der Waals surface area contributed by atoms with E-state index in [2.05, 4.69) is 4.74 Å². The van der Waals surface area contributed by atoms with Crippen molar-refractivity contribution in [2.24, 2.45) is 5.92 Å². The van der Waals surface area contributed by atoms with E-state index in [0.717, 1.165) is 0 Å². The maximum atomic E-state index is 15.0. The topological polar surface area (TPSA) is 59.3 Å². The number of nitriles is 1. The summed E-state index contributed by atoms with van der Waals surface area (Å²) in [5, 5.41) is 9.68. The maximum Gasteiger partial charge on any atom is 0.387 e. The summed E-state index contributed by atoms with van der Waals surface area (Å²) in [4.78, 5) is 13.0. The molecule has 0 saturated heterocycles. The van der Waals surface area contributed by atoms with Gasteiger partial charge in [-0.05, 0) is 40.8 Å². The highest BCUT2D eigenvalue weighted by Gasteiger charge is 2.29. The summed E-state index contributed by atoms with van der Waals surface area (Å²) in [5.74, 6) is -1.61. The number of carbonyl (C=O) groups is 1. The van der Waals surface area contributed by atoms with Gasteiger partial charge in [-0.2, -0.15) is 14.0 Å². The number of ether oxygens (including phenoxy) is 2. The van der Waals surface area contributed by atoms with Crippen molar-refractivity contribution in [3.63, 3.8) is 0 Å². The van der Waals surface area contributed by atoms with Crippen LogP contribution >= 0.6 is 0 Å². The molecule has 0 bridgehead atoms. The highest BCUT2D eigenvalue weighted by Crippen LogP contribution is 2.32. The molecule has 176 valence electrons. The first-order valence-corrected chi connectivity index (χ1v) is 10.7. The molecule has 3 atom stereocenters. The fraction of sp³-hybridized carbons (Fsp3) is 0.259. The van der Waals surface area contributed by atoms with E-state index in [0.29, 0.717) is 22.3 Å². The van der Waals surface area contributed by atoms with Crippen LogP contribution in [0, 0.1) is 17.2 Å². The second-order valence-electron chi connectivity index (χ2n) is 8.06. The Kier molecular flexibility index (Phi) is 8.31. The average Bonchev–Trinajstić information content (AvgIpc) is 2.83. The molecule has 0 aliphatic rings. The third-order valence-corrected chi connectivity index (χ3v) is 5.33. The minimum absolute atomic E-state index is 0.0273. The van der Waals surface area contributed by atoms with Crippen LogP contribution in [0.15, 0.2) is 78.9 Å². The molecule has 0 N–H and O–H groups in total. The van der Waals surface area contributed by atoms with Crippen molar-refractivity contribution < 1.29 is 27.4 Å². The summed E-state index contributed by atoms with van der Waals surface area (Å²) in [5.41, 5.74) is 1.72. The smallest absolute Gasteiger partial charge is 0.387 e. The van der Waals surface area contributed by atoms with Gasteiger partial charge in [0.05, 0.1) is 5.92 Å². The Morgan fingerprint density at radius 2 is 1.44 bits per heavy atom. The first-order valence-electron chi connectivity index (χ1n) is 10.7. The lowest BCUT2D eigenvalue weighted by Gasteiger charge is -2.22. The highest BCUT2D eigenvalue weighted by atomic mass is 19.3. The molecule has 0 saturated carbocycles. The van der Waals surface area contributed by atoms with Gasteiger partial charge in [0.25, 0.3) is 0 Å². The maximum absolute atomic E-state index is 15.0. The van der Waals surface area contributed by atoms with Gasteiger partial charge in [-0.3, -0.25) is 4.79 Å². The van der Waals surface area contributed by atoms with Crippen LogP contribution in [-0.2, 0) is 9.53 Å². The minimum atomic E-state index is -2.95. The molecule has 3 aromatic rings. The lowest BCUT2D eigenvalue weighted by atomic mass is 9.88. The van der Waals surface area contributed by atoms with E-state index in [9.17, 15) is 23.2 Å². The van der Waals surface area contributed by atoms with E-state index in [1.807, 2.05) is 19.9 Å². The predicted octanol–water partition coefficient (Wildman–Crippen LogP) is 6.89. The molecule has 0 heterocycles. The summed E-state index contributed by atoms with van der Waals surface area (Å²) in [6.07, 6.45) is -2.63. The number of benzene rings is 3. The lowest BCUT2D eigenvalue weighted by molar-refractivity contribution is -0.150. The monoisotopic (exact) mass is 467 g/mol. The SMILES string of the molecule is CC(C)C(C(=O)OC(C#N)c1cccc(C(F)c2ccccc2)c1)c1ccc(OC(F)F)cc1. The van der Waals surface area contributed by atoms with Crippen molar-refractivity contribution in [1.82, 2.24) is 0 Å². The van der Waals surface area contributed by atoms with Crippen molar-refractivity contribution >= 4 is 5.97 Å². The van der Waals surface area contributed by atoms with Gasteiger partial charge in [-0.15, -0.1) is 0 Å². The normalized spacial score (nSPS) is 13.7. The van der Waals surface area contributed by atoms with Gasteiger partial charge >= 0.3 is 12.6 Å². The van der Waals surface area contributed by atoms with E-state index < -0.39 is 30.8 Å². The molecule has 0 aliphatic heterocycles. The van der Waals surface area contributed by atoms with Crippen LogP contribution in [0.1, 0.15) is 54.3 Å². The highest BCUT2D eigenvalue weighted by molar-refractivity contribution is 5.79. The van der Waals surface area contributed by atoms with Gasteiger partial charge in [0, 0.05) is 5.56 Å². The number of carbonyl (C=O) groups excluding carboxylic acids is 1. The third kappa shape index (κ3) is 6.16. The Morgan fingerprint density at radius 3 is 2.03 bits per heavy atom. The zero-order chi connectivity index (χ0) is 24.7. The number of rotatable bonds is 9. The molecule has 0 radical (unpaired) electrons. The van der Waals surface area contributed by atoms with Crippen LogP contribution in [0.3, 0.4) is 0 Å². The quantitative estimate of drug-likeness (QED) is 0.321. The molecule has 3 rings (SSSR count). The summed E-state index contributed by atoms with van der Waals surface area (Å²) in [7, 11) is 0. The Hall–Kier alpha value is -3.79. The van der Waals surface area contributed by atoms with E-state index >= 15 is 0 Å². The molecule has 0 fully saturated rings. The molecular formula is C27H24F3NO3. The third-order valence-electron chi connectivity index (χ3n) is 5.33. The van der Waals surface area contributed by atoms with E-state index in [4.69, 9.17) is 4.74 Å². The number of alkyl halides is 3. The summed E-state index contributed by atoms with van der Waals surface area (Å²) in [6, 6.07) is 22.6. The van der Waals surface area contributed by atoms with Crippen molar-refractivity contribution in [2.75, 3.05) is 0 Å². The second-order valence-corrected chi connectivity index (χ2v) is 8.06. The van der Waals surface area contributed by atoms with Crippen molar-refractivity contribution in [2.45, 2.75) is 38.7 Å². The van der Waals surface area contributed by atoms with Gasteiger partial charge in [0.2, 0.25) is 6.10 Å². The number of esters is 1. The van der Waals surface area contributed by atoms with Gasteiger partial charge in [-0.1, -0.05) is 74.5 Å². The first kappa shape index (κ1) is 24.8. The molecule has 0 spiro atoms. The molecule has 0 amide bonds. The number of hydrogen-bond donors (Lipinski definition) is 0. The zero-order valence-corrected chi connectivity index (χ0v) is 18.7. The van der Waals surface area contributed by atoms with Gasteiger partial charge in [0.1, 0.15) is 11.8 Å².